The zero-order valence-corrected chi connectivity index (χ0v) is 22.7. The third kappa shape index (κ3) is 5.04. The molecule has 4 heteroatoms. The van der Waals surface area contributed by atoms with Gasteiger partial charge < -0.3 is 24.8 Å². The molecule has 0 amide bonds. The smallest absolute Gasteiger partial charge is 1.00 e. The topological polar surface area (TPSA) is 0 Å². The summed E-state index contributed by atoms with van der Waals surface area (Å²) < 4.78 is -0.0680. The molecule has 0 nitrogen and oxygen atoms in total. The fourth-order valence-electron chi connectivity index (χ4n) is 4.92. The fraction of sp³-hybridized carbons (Fsp3) is 0.286. The van der Waals surface area contributed by atoms with E-state index in [9.17, 15) is 0 Å². The second kappa shape index (κ2) is 11.4. The molecule has 0 saturated heterocycles. The van der Waals surface area contributed by atoms with Crippen molar-refractivity contribution in [2.75, 3.05) is 6.16 Å². The van der Waals surface area contributed by atoms with E-state index in [-0.39, 0.29) is 29.1 Å². The van der Waals surface area contributed by atoms with Crippen LogP contribution in [-0.4, -0.2) is 6.16 Å². The third-order valence-electron chi connectivity index (χ3n) is 6.93. The average molecular weight is 520 g/mol. The maximum Gasteiger partial charge on any atom is -1.00 e. The molecule has 2 aromatic rings. The average Bonchev–Trinajstić information content (AvgIpc) is 2.97. The van der Waals surface area contributed by atoms with Crippen LogP contribution >= 0.6 is 7.92 Å². The zero-order valence-electron chi connectivity index (χ0n) is 19.1. The Bertz CT molecular complexity index is 1000. The van der Waals surface area contributed by atoms with Crippen molar-refractivity contribution in [2.24, 2.45) is 11.8 Å². The minimum absolute atomic E-state index is 0. The van der Waals surface area contributed by atoms with Crippen LogP contribution in [-0.2, 0) is 16.3 Å². The van der Waals surface area contributed by atoms with Crippen molar-refractivity contribution in [3.05, 3.63) is 107 Å². The van der Waals surface area contributed by atoms with Crippen LogP contribution in [0.25, 0.3) is 0 Å². The van der Waals surface area contributed by atoms with Gasteiger partial charge in [0.2, 0.25) is 0 Å². The van der Waals surface area contributed by atoms with Crippen LogP contribution < -0.4 is 35.4 Å². The van der Waals surface area contributed by atoms with E-state index in [0.717, 1.165) is 6.16 Å². The Kier molecular flexibility index (Phi) is 9.67. The van der Waals surface area contributed by atoms with Crippen molar-refractivity contribution in [1.82, 2.24) is 0 Å². The first-order valence-corrected chi connectivity index (χ1v) is 12.9. The van der Waals surface area contributed by atoms with E-state index in [1.54, 1.807) is 5.57 Å². The number of allylic oxidation sites excluding steroid dienone is 8. The van der Waals surface area contributed by atoms with Crippen molar-refractivity contribution in [3.63, 3.8) is 0 Å². The molecule has 2 aliphatic rings. The van der Waals surface area contributed by atoms with Gasteiger partial charge in [-0.05, 0) is 0 Å². The Labute approximate surface area is 216 Å². The molecule has 0 radical (unpaired) electrons. The maximum atomic E-state index is 3.68. The SMILES string of the molecule is CC1=C(C)C(C)C([C]2([Cr+2])C=CC=CC2CP(c2ccccc2)c2ccccc2)=C1C.[Cl-].[Cl-]. The van der Waals surface area contributed by atoms with Gasteiger partial charge in [0.15, 0.2) is 0 Å². The van der Waals surface area contributed by atoms with E-state index in [0.29, 0.717) is 11.8 Å². The van der Waals surface area contributed by atoms with Crippen LogP contribution in [0.15, 0.2) is 107 Å². The standard InChI is InChI=1S/C28H30P.2ClH.Cr/c1-20-21(2)23(4)28(22(20)3)27-18-12-11-13-24(27)19-29(25-14-7-5-8-15-25)26-16-9-6-10-17-26;;;/h5-18,22,24H,19H2,1-4H3;2*1H;/q;;;+2/p-2. The van der Waals surface area contributed by atoms with Crippen molar-refractivity contribution in [1.29, 1.82) is 0 Å². The predicted molar refractivity (Wildman–Crippen MR) is 129 cm³/mol. The molecule has 3 atom stereocenters. The van der Waals surface area contributed by atoms with E-state index >= 15 is 0 Å². The van der Waals surface area contributed by atoms with Crippen molar-refractivity contribution < 1.29 is 41.1 Å². The first kappa shape index (κ1) is 27.2. The van der Waals surface area contributed by atoms with Crippen molar-refractivity contribution >= 4 is 18.5 Å². The molecule has 167 valence electrons. The summed E-state index contributed by atoms with van der Waals surface area (Å²) >= 11 is 3.68. The van der Waals surface area contributed by atoms with Gasteiger partial charge >= 0.3 is 192 Å². The molecule has 0 N–H and O–H groups in total. The Morgan fingerprint density at radius 3 is 1.81 bits per heavy atom. The molecular formula is C28H30Cl2CrP. The molecule has 0 saturated carbocycles. The van der Waals surface area contributed by atoms with Crippen LogP contribution in [0.2, 0.25) is 4.28 Å². The number of benzene rings is 2. The monoisotopic (exact) mass is 519 g/mol. The molecule has 0 heterocycles. The summed E-state index contributed by atoms with van der Waals surface area (Å²) in [5.41, 5.74) is 6.04. The van der Waals surface area contributed by atoms with E-state index in [1.165, 1.54) is 27.3 Å². The molecule has 0 bridgehead atoms. The maximum absolute atomic E-state index is 3.68. The quantitative estimate of drug-likeness (QED) is 0.514. The van der Waals surface area contributed by atoms with Gasteiger partial charge in [-0.25, -0.2) is 0 Å². The van der Waals surface area contributed by atoms with Gasteiger partial charge in [-0.1, -0.05) is 0 Å². The number of rotatable bonds is 5. The van der Waals surface area contributed by atoms with Crippen molar-refractivity contribution in [3.8, 4) is 0 Å². The normalized spacial score (nSPS) is 24.5. The van der Waals surface area contributed by atoms with Gasteiger partial charge in [-0.3, -0.25) is 0 Å². The fourth-order valence-corrected chi connectivity index (χ4v) is 8.60. The van der Waals surface area contributed by atoms with Crippen LogP contribution in [0.4, 0.5) is 0 Å². The Balaban J connectivity index is 0.00000181. The van der Waals surface area contributed by atoms with Gasteiger partial charge in [0.05, 0.1) is 0 Å². The van der Waals surface area contributed by atoms with Crippen LogP contribution in [0, 0.1) is 11.8 Å². The molecule has 0 aromatic heterocycles. The largest absolute Gasteiger partial charge is 1.00 e. The Morgan fingerprint density at radius 1 is 0.812 bits per heavy atom. The molecule has 4 rings (SSSR count). The van der Waals surface area contributed by atoms with Crippen LogP contribution in [0.5, 0.6) is 0 Å². The first-order valence-electron chi connectivity index (χ1n) is 10.8. The summed E-state index contributed by atoms with van der Waals surface area (Å²) in [7, 11) is -0.439. The van der Waals surface area contributed by atoms with Crippen LogP contribution in [0.3, 0.4) is 0 Å². The summed E-state index contributed by atoms with van der Waals surface area (Å²) in [6.07, 6.45) is 10.5. The first-order chi connectivity index (χ1) is 14.4. The third-order valence-corrected chi connectivity index (χ3v) is 10.6. The summed E-state index contributed by atoms with van der Waals surface area (Å²) in [6.45, 7) is 9.29. The van der Waals surface area contributed by atoms with Crippen molar-refractivity contribution in [2.45, 2.75) is 32.0 Å². The van der Waals surface area contributed by atoms with E-state index in [2.05, 4.69) is 129 Å². The molecule has 0 spiro atoms. The minimum atomic E-state index is -0.439. The second-order valence-electron chi connectivity index (χ2n) is 8.49. The Morgan fingerprint density at radius 2 is 1.34 bits per heavy atom. The molecule has 2 aromatic carbocycles. The van der Waals surface area contributed by atoms with E-state index in [4.69, 9.17) is 0 Å². The van der Waals surface area contributed by atoms with Gasteiger partial charge in [0.1, 0.15) is 0 Å². The van der Waals surface area contributed by atoms with E-state index in [1.807, 2.05) is 0 Å². The predicted octanol–water partition coefficient (Wildman–Crippen LogP) is 0.878. The van der Waals surface area contributed by atoms with Gasteiger partial charge in [-0.15, -0.1) is 0 Å². The van der Waals surface area contributed by atoms with Crippen LogP contribution in [0.1, 0.15) is 27.7 Å². The minimum Gasteiger partial charge on any atom is -1.00 e. The molecule has 32 heavy (non-hydrogen) atoms. The summed E-state index contributed by atoms with van der Waals surface area (Å²) in [5, 5.41) is 2.92. The molecule has 3 unspecified atom stereocenters. The number of halogens is 2. The summed E-state index contributed by atoms with van der Waals surface area (Å²) in [5.74, 6) is 0.921. The summed E-state index contributed by atoms with van der Waals surface area (Å²) in [4.78, 5) is 0. The number of hydrogen-bond acceptors (Lipinski definition) is 0. The molecular weight excluding hydrogens is 490 g/mol. The van der Waals surface area contributed by atoms with Gasteiger partial charge in [0, 0.05) is 0 Å². The van der Waals surface area contributed by atoms with E-state index < -0.39 is 7.92 Å². The summed E-state index contributed by atoms with van der Waals surface area (Å²) in [6, 6.07) is 22.2. The second-order valence-corrected chi connectivity index (χ2v) is 11.8. The molecule has 0 fully saturated rings. The number of hydrogen-bond donors (Lipinski definition) is 0. The molecule has 0 aliphatic heterocycles. The molecule has 2 aliphatic carbocycles. The van der Waals surface area contributed by atoms with Gasteiger partial charge in [-0.2, -0.15) is 0 Å². The van der Waals surface area contributed by atoms with Gasteiger partial charge in [0.25, 0.3) is 0 Å². The Hall–Kier alpha value is -1.06. The zero-order chi connectivity index (χ0) is 21.3.